The molecule has 142 valence electrons. The number of benzene rings is 2. The molecule has 1 aliphatic heterocycles. The minimum absolute atomic E-state index is 0.187. The van der Waals surface area contributed by atoms with Gasteiger partial charge in [0.05, 0.1) is 12.3 Å². The van der Waals surface area contributed by atoms with E-state index in [-0.39, 0.29) is 5.56 Å². The fraction of sp³-hybridized carbons (Fsp3) is 0.300. The number of fused-ring (bicyclic) bond motifs is 2. The summed E-state index contributed by atoms with van der Waals surface area (Å²) in [6, 6.07) is 8.98. The Kier molecular flexibility index (Phi) is 4.67. The smallest absolute Gasteiger partial charge is 0.212 e. The van der Waals surface area contributed by atoms with E-state index in [4.69, 9.17) is 0 Å². The van der Waals surface area contributed by atoms with Crippen LogP contribution in [0, 0.1) is 15.2 Å². The summed E-state index contributed by atoms with van der Waals surface area (Å²) in [7, 11) is -3.68. The van der Waals surface area contributed by atoms with Crippen molar-refractivity contribution in [2.45, 2.75) is 31.8 Å². The average molecular weight is 501 g/mol. The van der Waals surface area contributed by atoms with Crippen molar-refractivity contribution in [3.8, 4) is 0 Å². The minimum atomic E-state index is -3.68. The van der Waals surface area contributed by atoms with E-state index in [0.717, 1.165) is 28.5 Å². The number of sulfonamides is 1. The molecule has 1 aliphatic carbocycles. The highest BCUT2D eigenvalue weighted by Crippen LogP contribution is 2.50. The van der Waals surface area contributed by atoms with E-state index < -0.39 is 33.7 Å². The molecule has 0 bridgehead atoms. The van der Waals surface area contributed by atoms with Crippen LogP contribution in [0.25, 0.3) is 5.57 Å². The molecule has 0 aromatic heterocycles. The molecule has 1 heterocycles. The van der Waals surface area contributed by atoms with E-state index in [9.17, 15) is 17.2 Å². The lowest BCUT2D eigenvalue weighted by molar-refractivity contribution is 0.269. The largest absolute Gasteiger partial charge is 0.212 e. The predicted molar refractivity (Wildman–Crippen MR) is 110 cm³/mol. The average Bonchev–Trinajstić information content (AvgIpc) is 2.91. The van der Waals surface area contributed by atoms with Crippen LogP contribution in [0.2, 0.25) is 0 Å². The molecule has 4 rings (SSSR count). The summed E-state index contributed by atoms with van der Waals surface area (Å²) in [4.78, 5) is 0. The van der Waals surface area contributed by atoms with E-state index in [0.29, 0.717) is 16.4 Å². The van der Waals surface area contributed by atoms with Crippen LogP contribution < -0.4 is 0 Å². The number of hydrogen-bond donors (Lipinski definition) is 0. The van der Waals surface area contributed by atoms with Crippen molar-refractivity contribution in [1.29, 1.82) is 0 Å². The van der Waals surface area contributed by atoms with Gasteiger partial charge < -0.3 is 0 Å². The number of hydrogen-bond acceptors (Lipinski definition) is 2. The fourth-order valence-electron chi connectivity index (χ4n) is 4.38. The first-order valence-corrected chi connectivity index (χ1v) is 11.5. The molecule has 2 aromatic carbocycles. The minimum Gasteiger partial charge on any atom is -0.212 e. The Balaban J connectivity index is 1.99. The zero-order chi connectivity index (χ0) is 19.5. The predicted octanol–water partition coefficient (Wildman–Crippen LogP) is 4.67. The van der Waals surface area contributed by atoms with Crippen LogP contribution in [0.4, 0.5) is 8.78 Å². The molecule has 27 heavy (non-hydrogen) atoms. The van der Waals surface area contributed by atoms with Gasteiger partial charge in [0.1, 0.15) is 11.6 Å². The molecular formula is C20H18F2INO2S. The summed E-state index contributed by atoms with van der Waals surface area (Å²) in [5, 5.41) is 0. The highest BCUT2D eigenvalue weighted by atomic mass is 127. The van der Waals surface area contributed by atoms with Gasteiger partial charge in [0.25, 0.3) is 0 Å². The van der Waals surface area contributed by atoms with Crippen molar-refractivity contribution in [2.24, 2.45) is 0 Å². The summed E-state index contributed by atoms with van der Waals surface area (Å²) in [5.74, 6) is -1.43. The van der Waals surface area contributed by atoms with Crippen molar-refractivity contribution >= 4 is 38.2 Å². The molecule has 0 amide bonds. The number of nitrogens with zero attached hydrogens (tertiary/aromatic N) is 1. The topological polar surface area (TPSA) is 37.4 Å². The second-order valence-corrected chi connectivity index (χ2v) is 10.3. The van der Waals surface area contributed by atoms with E-state index >= 15 is 0 Å². The van der Waals surface area contributed by atoms with E-state index in [2.05, 4.69) is 0 Å². The SMILES string of the molecule is C[C@@H]1CC2=C(Cc3ccccc32)[C@@H](c2c(F)cc(I)cc2F)N1S(C)(=O)=O. The number of rotatable bonds is 2. The van der Waals surface area contributed by atoms with Gasteiger partial charge in [-0.3, -0.25) is 0 Å². The molecule has 2 aromatic rings. The highest BCUT2D eigenvalue weighted by Gasteiger charge is 2.44. The Bertz CT molecular complexity index is 1060. The summed E-state index contributed by atoms with van der Waals surface area (Å²) >= 11 is 1.85. The third-order valence-corrected chi connectivity index (χ3v) is 7.29. The third-order valence-electron chi connectivity index (χ3n) is 5.33. The Morgan fingerprint density at radius 2 is 1.78 bits per heavy atom. The highest BCUT2D eigenvalue weighted by molar-refractivity contribution is 14.1. The van der Waals surface area contributed by atoms with E-state index in [1.807, 2.05) is 46.9 Å². The van der Waals surface area contributed by atoms with Gasteiger partial charge in [-0.25, -0.2) is 17.2 Å². The molecule has 0 fully saturated rings. The Morgan fingerprint density at radius 3 is 2.41 bits per heavy atom. The first kappa shape index (κ1) is 19.0. The van der Waals surface area contributed by atoms with Crippen LogP contribution in [-0.4, -0.2) is 25.0 Å². The molecule has 0 unspecified atom stereocenters. The van der Waals surface area contributed by atoms with Crippen LogP contribution >= 0.6 is 22.6 Å². The lowest BCUT2D eigenvalue weighted by atomic mass is 9.87. The van der Waals surface area contributed by atoms with Gasteiger partial charge in [-0.15, -0.1) is 0 Å². The zero-order valence-electron chi connectivity index (χ0n) is 14.8. The molecule has 3 nitrogen and oxygen atoms in total. The Morgan fingerprint density at radius 1 is 1.15 bits per heavy atom. The Hall–Kier alpha value is -1.32. The number of halogens is 3. The molecular weight excluding hydrogens is 483 g/mol. The molecule has 0 saturated heterocycles. The van der Waals surface area contributed by atoms with Gasteiger partial charge >= 0.3 is 0 Å². The van der Waals surface area contributed by atoms with Gasteiger partial charge in [-0.1, -0.05) is 24.3 Å². The zero-order valence-corrected chi connectivity index (χ0v) is 17.8. The van der Waals surface area contributed by atoms with Gasteiger partial charge in [-0.05, 0) is 76.8 Å². The summed E-state index contributed by atoms with van der Waals surface area (Å²) < 4.78 is 56.6. The summed E-state index contributed by atoms with van der Waals surface area (Å²) in [6.07, 6.45) is 2.13. The third kappa shape index (κ3) is 3.13. The molecule has 0 N–H and O–H groups in total. The van der Waals surface area contributed by atoms with Gasteiger partial charge in [0.15, 0.2) is 0 Å². The lowest BCUT2D eigenvalue weighted by Crippen LogP contribution is -2.45. The van der Waals surface area contributed by atoms with Gasteiger partial charge in [0.2, 0.25) is 10.0 Å². The fourth-order valence-corrected chi connectivity index (χ4v) is 6.28. The van der Waals surface area contributed by atoms with Gasteiger partial charge in [-0.2, -0.15) is 4.31 Å². The second kappa shape index (κ2) is 6.63. The molecule has 7 heteroatoms. The summed E-state index contributed by atoms with van der Waals surface area (Å²) in [6.45, 7) is 1.79. The van der Waals surface area contributed by atoms with Crippen molar-refractivity contribution in [3.63, 3.8) is 0 Å². The maximum Gasteiger partial charge on any atom is 0.212 e. The molecule has 2 atom stereocenters. The molecule has 0 radical (unpaired) electrons. The molecule has 0 spiro atoms. The monoisotopic (exact) mass is 501 g/mol. The standard InChI is InChI=1S/C20H18F2INO2S/c1-11-7-15-14-6-4-3-5-12(14)8-16(15)20(24(11)27(2,25)26)19-17(21)9-13(23)10-18(19)22/h3-6,9-11,20H,7-8H2,1-2H3/t11-,20+/m1/s1. The van der Waals surface area contributed by atoms with Gasteiger partial charge in [0, 0.05) is 15.2 Å². The molecule has 0 saturated carbocycles. The van der Waals surface area contributed by atoms with Crippen LogP contribution in [-0.2, 0) is 16.4 Å². The van der Waals surface area contributed by atoms with Crippen molar-refractivity contribution in [3.05, 3.63) is 73.9 Å². The van der Waals surface area contributed by atoms with Crippen LogP contribution in [0.5, 0.6) is 0 Å². The lowest BCUT2D eigenvalue weighted by Gasteiger charge is -2.40. The van der Waals surface area contributed by atoms with Crippen molar-refractivity contribution in [1.82, 2.24) is 4.31 Å². The van der Waals surface area contributed by atoms with Crippen LogP contribution in [0.1, 0.15) is 36.1 Å². The second-order valence-electron chi connectivity index (χ2n) is 7.17. The van der Waals surface area contributed by atoms with Crippen LogP contribution in [0.3, 0.4) is 0 Å². The first-order chi connectivity index (χ1) is 12.7. The maximum atomic E-state index is 14.9. The van der Waals surface area contributed by atoms with E-state index in [1.165, 1.54) is 16.4 Å². The van der Waals surface area contributed by atoms with Crippen molar-refractivity contribution in [2.75, 3.05) is 6.26 Å². The Labute approximate surface area is 171 Å². The van der Waals surface area contributed by atoms with Crippen molar-refractivity contribution < 1.29 is 17.2 Å². The quantitative estimate of drug-likeness (QED) is 0.561. The van der Waals surface area contributed by atoms with Crippen LogP contribution in [0.15, 0.2) is 42.0 Å². The normalized spacial score (nSPS) is 22.7. The first-order valence-electron chi connectivity index (χ1n) is 8.61. The maximum absolute atomic E-state index is 14.9. The van der Waals surface area contributed by atoms with E-state index in [1.54, 1.807) is 6.92 Å². The molecule has 2 aliphatic rings. The summed E-state index contributed by atoms with van der Waals surface area (Å²) in [5.41, 5.74) is 3.73.